The maximum absolute atomic E-state index is 12.2. The Balaban J connectivity index is 1.90. The predicted molar refractivity (Wildman–Crippen MR) is 83.7 cm³/mol. The standard InChI is InChI=1S/C18H23NO3/c1-21-16-8-11-7-15-13-4-3-12(20)10-18(13,5-6-19-15)14(11)9-17(16)22-2/h8-9,13,15,19H,3-7,10H2,1-2H3/t13-,15+,18+/m0/s1. The van der Waals surface area contributed by atoms with E-state index in [4.69, 9.17) is 9.47 Å². The predicted octanol–water partition coefficient (Wildman–Crippen LogP) is 2.23. The second-order valence-corrected chi connectivity index (χ2v) is 6.90. The van der Waals surface area contributed by atoms with Gasteiger partial charge in [-0.3, -0.25) is 4.79 Å². The fraction of sp³-hybridized carbons (Fsp3) is 0.611. The molecule has 1 heterocycles. The Labute approximate surface area is 131 Å². The van der Waals surface area contributed by atoms with Crippen LogP contribution in [0, 0.1) is 5.92 Å². The molecule has 22 heavy (non-hydrogen) atoms. The van der Waals surface area contributed by atoms with Gasteiger partial charge in [0.1, 0.15) is 5.78 Å². The van der Waals surface area contributed by atoms with Gasteiger partial charge in [-0.25, -0.2) is 0 Å². The van der Waals surface area contributed by atoms with Gasteiger partial charge < -0.3 is 14.8 Å². The van der Waals surface area contributed by atoms with Crippen molar-refractivity contribution in [3.8, 4) is 11.5 Å². The van der Waals surface area contributed by atoms with Gasteiger partial charge in [0.15, 0.2) is 11.5 Å². The Morgan fingerprint density at radius 1 is 1.23 bits per heavy atom. The van der Waals surface area contributed by atoms with Crippen molar-refractivity contribution in [1.29, 1.82) is 0 Å². The minimum atomic E-state index is 0.0123. The summed E-state index contributed by atoms with van der Waals surface area (Å²) in [5.41, 5.74) is 2.67. The van der Waals surface area contributed by atoms with Gasteiger partial charge in [0, 0.05) is 24.3 Å². The lowest BCUT2D eigenvalue weighted by molar-refractivity contribution is -0.125. The first kappa shape index (κ1) is 14.1. The Kier molecular flexibility index (Phi) is 3.19. The third-order valence-corrected chi connectivity index (χ3v) is 6.01. The summed E-state index contributed by atoms with van der Waals surface area (Å²) in [6.45, 7) is 1.00. The highest BCUT2D eigenvalue weighted by Gasteiger charge is 2.53. The monoisotopic (exact) mass is 301 g/mol. The molecular weight excluding hydrogens is 278 g/mol. The molecule has 3 atom stereocenters. The molecule has 4 heteroatoms. The molecule has 0 unspecified atom stereocenters. The Hall–Kier alpha value is -1.55. The fourth-order valence-corrected chi connectivity index (χ4v) is 5.08. The molecular formula is C18H23NO3. The molecule has 1 aromatic carbocycles. The third-order valence-electron chi connectivity index (χ3n) is 6.01. The Morgan fingerprint density at radius 2 is 2.00 bits per heavy atom. The summed E-state index contributed by atoms with van der Waals surface area (Å²) < 4.78 is 11.0. The van der Waals surface area contributed by atoms with Crippen molar-refractivity contribution < 1.29 is 14.3 Å². The largest absolute Gasteiger partial charge is 0.493 e. The number of Topliss-reactive ketones (excluding diaryl/α,β-unsaturated/α-hetero) is 1. The summed E-state index contributed by atoms with van der Waals surface area (Å²) >= 11 is 0. The van der Waals surface area contributed by atoms with E-state index < -0.39 is 0 Å². The van der Waals surface area contributed by atoms with Crippen molar-refractivity contribution >= 4 is 5.78 Å². The van der Waals surface area contributed by atoms with Crippen LogP contribution in [0.3, 0.4) is 0 Å². The van der Waals surface area contributed by atoms with Gasteiger partial charge in [-0.1, -0.05) is 0 Å². The minimum Gasteiger partial charge on any atom is -0.493 e. The van der Waals surface area contributed by atoms with Gasteiger partial charge in [0.05, 0.1) is 14.2 Å². The summed E-state index contributed by atoms with van der Waals surface area (Å²) in [5.74, 6) is 2.56. The molecule has 3 aliphatic rings. The molecule has 1 aliphatic heterocycles. The van der Waals surface area contributed by atoms with Crippen LogP contribution >= 0.6 is 0 Å². The van der Waals surface area contributed by atoms with Gasteiger partial charge in [-0.2, -0.15) is 0 Å². The van der Waals surface area contributed by atoms with Crippen LogP contribution in [-0.2, 0) is 16.6 Å². The number of ketones is 1. The van der Waals surface area contributed by atoms with Crippen LogP contribution in [0.5, 0.6) is 11.5 Å². The van der Waals surface area contributed by atoms with E-state index >= 15 is 0 Å². The summed E-state index contributed by atoms with van der Waals surface area (Å²) in [6, 6.07) is 4.75. The molecule has 0 spiro atoms. The molecule has 2 fully saturated rings. The fourth-order valence-electron chi connectivity index (χ4n) is 5.08. The Morgan fingerprint density at radius 3 is 2.77 bits per heavy atom. The average Bonchev–Trinajstić information content (AvgIpc) is 2.53. The van der Waals surface area contributed by atoms with E-state index in [1.807, 2.05) is 0 Å². The molecule has 1 aromatic rings. The van der Waals surface area contributed by atoms with Crippen molar-refractivity contribution in [3.63, 3.8) is 0 Å². The van der Waals surface area contributed by atoms with Crippen LogP contribution in [0.4, 0.5) is 0 Å². The Bertz CT molecular complexity index is 627. The number of fused-ring (bicyclic) bond motifs is 1. The zero-order valence-electron chi connectivity index (χ0n) is 13.3. The number of benzene rings is 1. The van der Waals surface area contributed by atoms with Crippen LogP contribution in [0.2, 0.25) is 0 Å². The zero-order chi connectivity index (χ0) is 15.3. The number of hydrogen-bond donors (Lipinski definition) is 1. The summed E-state index contributed by atoms with van der Waals surface area (Å²) in [5, 5.41) is 3.68. The highest BCUT2D eigenvalue weighted by Crippen LogP contribution is 2.54. The lowest BCUT2D eigenvalue weighted by atomic mass is 9.52. The van der Waals surface area contributed by atoms with Gasteiger partial charge in [-0.15, -0.1) is 0 Å². The first-order chi connectivity index (χ1) is 10.7. The van der Waals surface area contributed by atoms with Crippen molar-refractivity contribution in [2.45, 2.75) is 43.6 Å². The van der Waals surface area contributed by atoms with Gasteiger partial charge in [0.25, 0.3) is 0 Å². The van der Waals surface area contributed by atoms with Crippen LogP contribution < -0.4 is 14.8 Å². The highest BCUT2D eigenvalue weighted by atomic mass is 16.5. The van der Waals surface area contributed by atoms with Crippen LogP contribution in [0.25, 0.3) is 0 Å². The third kappa shape index (κ3) is 1.83. The zero-order valence-corrected chi connectivity index (χ0v) is 13.3. The van der Waals surface area contributed by atoms with Gasteiger partial charge in [-0.05, 0) is 55.0 Å². The topological polar surface area (TPSA) is 47.6 Å². The SMILES string of the molecule is COc1cc2c(cc1OC)[C@@]13CCN[C@H](C2)[C@@H]1CCC(=O)C3. The van der Waals surface area contributed by atoms with Crippen LogP contribution in [0.15, 0.2) is 12.1 Å². The minimum absolute atomic E-state index is 0.0123. The van der Waals surface area contributed by atoms with Gasteiger partial charge in [0.2, 0.25) is 0 Å². The number of nitrogens with one attached hydrogen (secondary N) is 1. The second-order valence-electron chi connectivity index (χ2n) is 6.90. The quantitative estimate of drug-likeness (QED) is 0.910. The van der Waals surface area contributed by atoms with Crippen molar-refractivity contribution in [1.82, 2.24) is 5.32 Å². The number of ether oxygens (including phenoxy) is 2. The molecule has 1 N–H and O–H groups in total. The van der Waals surface area contributed by atoms with E-state index in [-0.39, 0.29) is 5.41 Å². The normalized spacial score (nSPS) is 32.9. The van der Waals surface area contributed by atoms with Crippen molar-refractivity contribution in [2.75, 3.05) is 20.8 Å². The summed E-state index contributed by atoms with van der Waals surface area (Å²) in [4.78, 5) is 12.2. The molecule has 1 saturated heterocycles. The van der Waals surface area contributed by atoms with Gasteiger partial charge >= 0.3 is 0 Å². The van der Waals surface area contributed by atoms with Crippen LogP contribution in [-0.4, -0.2) is 32.6 Å². The summed E-state index contributed by atoms with van der Waals surface area (Å²) in [6.07, 6.45) is 4.52. The molecule has 0 aromatic heterocycles. The molecule has 118 valence electrons. The highest BCUT2D eigenvalue weighted by molar-refractivity contribution is 5.81. The maximum atomic E-state index is 12.2. The number of hydrogen-bond acceptors (Lipinski definition) is 4. The molecule has 0 radical (unpaired) electrons. The number of carbonyl (C=O) groups excluding carboxylic acids is 1. The molecule has 2 bridgehead atoms. The first-order valence-corrected chi connectivity index (χ1v) is 8.18. The van der Waals surface area contributed by atoms with Crippen molar-refractivity contribution in [3.05, 3.63) is 23.3 Å². The number of rotatable bonds is 2. The smallest absolute Gasteiger partial charge is 0.161 e. The lowest BCUT2D eigenvalue weighted by Gasteiger charge is -2.55. The molecule has 1 saturated carbocycles. The summed E-state index contributed by atoms with van der Waals surface area (Å²) in [7, 11) is 3.36. The molecule has 4 rings (SSSR count). The number of carbonyl (C=O) groups is 1. The molecule has 4 nitrogen and oxygen atoms in total. The maximum Gasteiger partial charge on any atom is 0.161 e. The van der Waals surface area contributed by atoms with E-state index in [0.717, 1.165) is 43.7 Å². The van der Waals surface area contributed by atoms with E-state index in [2.05, 4.69) is 17.4 Å². The first-order valence-electron chi connectivity index (χ1n) is 8.18. The van der Waals surface area contributed by atoms with Crippen LogP contribution in [0.1, 0.15) is 36.8 Å². The second kappa shape index (κ2) is 4.98. The lowest BCUT2D eigenvalue weighted by Crippen LogP contribution is -2.60. The number of piperidine rings is 1. The van der Waals surface area contributed by atoms with E-state index in [1.54, 1.807) is 14.2 Å². The number of methoxy groups -OCH3 is 2. The van der Waals surface area contributed by atoms with E-state index in [0.29, 0.717) is 24.2 Å². The molecule has 0 amide bonds. The average molecular weight is 301 g/mol. The van der Waals surface area contributed by atoms with E-state index in [1.165, 1.54) is 11.1 Å². The molecule has 2 aliphatic carbocycles. The van der Waals surface area contributed by atoms with Crippen molar-refractivity contribution in [2.24, 2.45) is 5.92 Å². The van der Waals surface area contributed by atoms with E-state index in [9.17, 15) is 4.79 Å².